The third kappa shape index (κ3) is 6.80. The number of para-hydroxylation sites is 1. The Labute approximate surface area is 253 Å². The van der Waals surface area contributed by atoms with E-state index in [0.29, 0.717) is 35.6 Å². The molecule has 2 aromatic carbocycles. The Bertz CT molecular complexity index is 1710. The van der Waals surface area contributed by atoms with Crippen LogP contribution >= 0.6 is 0 Å². The fourth-order valence-corrected chi connectivity index (χ4v) is 6.50. The summed E-state index contributed by atoms with van der Waals surface area (Å²) < 4.78 is 27.6. The standard InChI is InChI=1S/C31H40N8O3S/c1-21(2)43(41,42)27-9-7-6-8-26(27)34-31-36-30(35-28-12-16-32-39(28)31)33-25-11-10-24(20-22(25)3)23-13-18-38(19-14-23)29(40)15-17-37(4)5/h6-12,16,20-21,23H,13-15,17-19H2,1-5H3,(H2,33,34,35,36). The predicted molar refractivity (Wildman–Crippen MR) is 169 cm³/mol. The van der Waals surface area contributed by atoms with Gasteiger partial charge < -0.3 is 20.4 Å². The number of benzene rings is 2. The second-order valence-corrected chi connectivity index (χ2v) is 14.1. The van der Waals surface area contributed by atoms with Gasteiger partial charge in [0.1, 0.15) is 0 Å². The van der Waals surface area contributed by atoms with Crippen LogP contribution in [-0.4, -0.2) is 82.7 Å². The number of aromatic nitrogens is 4. The minimum atomic E-state index is -3.53. The fraction of sp³-hybridized carbons (Fsp3) is 0.419. The van der Waals surface area contributed by atoms with Crippen LogP contribution < -0.4 is 10.6 Å². The number of rotatable bonds is 10. The highest BCUT2D eigenvalue weighted by molar-refractivity contribution is 7.92. The molecule has 4 aromatic rings. The van der Waals surface area contributed by atoms with E-state index in [9.17, 15) is 13.2 Å². The lowest BCUT2D eigenvalue weighted by atomic mass is 9.88. The van der Waals surface area contributed by atoms with Crippen molar-refractivity contribution in [1.29, 1.82) is 0 Å². The molecule has 0 radical (unpaired) electrons. The van der Waals surface area contributed by atoms with Crippen molar-refractivity contribution in [2.75, 3.05) is 44.4 Å². The zero-order chi connectivity index (χ0) is 30.7. The molecule has 1 saturated heterocycles. The summed E-state index contributed by atoms with van der Waals surface area (Å²) in [6.07, 6.45) is 4.08. The van der Waals surface area contributed by atoms with Crippen LogP contribution in [-0.2, 0) is 14.6 Å². The molecule has 228 valence electrons. The van der Waals surface area contributed by atoms with E-state index >= 15 is 0 Å². The molecule has 0 unspecified atom stereocenters. The maximum atomic E-state index is 13.0. The van der Waals surface area contributed by atoms with Crippen LogP contribution in [0, 0.1) is 6.92 Å². The SMILES string of the molecule is Cc1cc(C2CCN(C(=O)CCN(C)C)CC2)ccc1Nc1nc(Nc2ccccc2S(=O)(=O)C(C)C)n2nccc2n1. The van der Waals surface area contributed by atoms with Gasteiger partial charge in [-0.25, -0.2) is 8.42 Å². The topological polar surface area (TPSA) is 125 Å². The van der Waals surface area contributed by atoms with Crippen LogP contribution in [0.2, 0.25) is 0 Å². The maximum absolute atomic E-state index is 13.0. The monoisotopic (exact) mass is 604 g/mol. The molecule has 43 heavy (non-hydrogen) atoms. The summed E-state index contributed by atoms with van der Waals surface area (Å²) in [5.41, 5.74) is 4.18. The molecule has 0 atom stereocenters. The van der Waals surface area contributed by atoms with Crippen LogP contribution in [0.25, 0.3) is 5.65 Å². The number of piperidine rings is 1. The van der Waals surface area contributed by atoms with Crippen molar-refractivity contribution in [3.8, 4) is 0 Å². The molecule has 3 heterocycles. The molecule has 0 aliphatic carbocycles. The highest BCUT2D eigenvalue weighted by Crippen LogP contribution is 2.32. The first-order valence-electron chi connectivity index (χ1n) is 14.6. The Morgan fingerprint density at radius 3 is 2.47 bits per heavy atom. The molecule has 2 N–H and O–H groups in total. The van der Waals surface area contributed by atoms with Gasteiger partial charge in [-0.1, -0.05) is 24.3 Å². The zero-order valence-electron chi connectivity index (χ0n) is 25.4. The van der Waals surface area contributed by atoms with E-state index in [1.807, 2.05) is 30.0 Å². The lowest BCUT2D eigenvalue weighted by molar-refractivity contribution is -0.132. The Balaban J connectivity index is 1.32. The lowest BCUT2D eigenvalue weighted by Crippen LogP contribution is -2.39. The van der Waals surface area contributed by atoms with Crippen molar-refractivity contribution < 1.29 is 13.2 Å². The Kier molecular flexibility index (Phi) is 8.97. The van der Waals surface area contributed by atoms with E-state index in [-0.39, 0.29) is 10.8 Å². The van der Waals surface area contributed by atoms with Gasteiger partial charge in [0.2, 0.25) is 17.8 Å². The number of nitrogens with one attached hydrogen (secondary N) is 2. The molecule has 0 spiro atoms. The third-order valence-electron chi connectivity index (χ3n) is 7.91. The van der Waals surface area contributed by atoms with Gasteiger partial charge in [-0.15, -0.1) is 0 Å². The second kappa shape index (κ2) is 12.7. The van der Waals surface area contributed by atoms with Crippen molar-refractivity contribution >= 4 is 44.7 Å². The number of anilines is 4. The van der Waals surface area contributed by atoms with E-state index in [1.54, 1.807) is 50.4 Å². The number of likely N-dealkylation sites (tertiary alicyclic amines) is 1. The molecule has 5 rings (SSSR count). The first-order chi connectivity index (χ1) is 20.5. The van der Waals surface area contributed by atoms with Crippen molar-refractivity contribution in [3.05, 3.63) is 65.9 Å². The molecule has 12 heteroatoms. The number of amides is 1. The van der Waals surface area contributed by atoms with Crippen LogP contribution in [0.4, 0.5) is 23.3 Å². The van der Waals surface area contributed by atoms with Gasteiger partial charge in [0.25, 0.3) is 0 Å². The highest BCUT2D eigenvalue weighted by atomic mass is 32.2. The van der Waals surface area contributed by atoms with E-state index in [0.717, 1.165) is 43.7 Å². The lowest BCUT2D eigenvalue weighted by Gasteiger charge is -2.33. The van der Waals surface area contributed by atoms with Gasteiger partial charge in [0.15, 0.2) is 15.5 Å². The summed E-state index contributed by atoms with van der Waals surface area (Å²) in [6, 6.07) is 14.9. The van der Waals surface area contributed by atoms with Gasteiger partial charge in [0, 0.05) is 37.8 Å². The molecule has 1 fully saturated rings. The first kappa shape index (κ1) is 30.4. The molecular formula is C31H40N8O3S. The summed E-state index contributed by atoms with van der Waals surface area (Å²) in [5.74, 6) is 1.34. The van der Waals surface area contributed by atoms with Crippen molar-refractivity contribution in [1.82, 2.24) is 29.4 Å². The molecule has 1 aliphatic rings. The van der Waals surface area contributed by atoms with E-state index in [1.165, 1.54) is 10.1 Å². The number of aryl methyl sites for hydroxylation is 1. The van der Waals surface area contributed by atoms with Crippen molar-refractivity contribution in [2.24, 2.45) is 0 Å². The maximum Gasteiger partial charge on any atom is 0.233 e. The second-order valence-electron chi connectivity index (χ2n) is 11.6. The number of fused-ring (bicyclic) bond motifs is 1. The number of hydrogen-bond donors (Lipinski definition) is 2. The molecule has 1 aliphatic heterocycles. The molecule has 2 aromatic heterocycles. The normalized spacial score (nSPS) is 14.5. The molecular weight excluding hydrogens is 564 g/mol. The minimum absolute atomic E-state index is 0.202. The molecule has 0 saturated carbocycles. The van der Waals surface area contributed by atoms with Crippen LogP contribution in [0.1, 0.15) is 50.2 Å². The molecule has 1 amide bonds. The van der Waals surface area contributed by atoms with Gasteiger partial charge in [-0.2, -0.15) is 19.6 Å². The van der Waals surface area contributed by atoms with Gasteiger partial charge in [-0.05, 0) is 83.0 Å². The summed E-state index contributed by atoms with van der Waals surface area (Å²) >= 11 is 0. The summed E-state index contributed by atoms with van der Waals surface area (Å²) in [6.45, 7) is 7.72. The summed E-state index contributed by atoms with van der Waals surface area (Å²) in [5, 5.41) is 10.3. The van der Waals surface area contributed by atoms with Crippen molar-refractivity contribution in [3.63, 3.8) is 0 Å². The minimum Gasteiger partial charge on any atom is -0.343 e. The van der Waals surface area contributed by atoms with Crippen LogP contribution in [0.5, 0.6) is 0 Å². The molecule has 11 nitrogen and oxygen atoms in total. The Hall–Kier alpha value is -4.03. The number of sulfone groups is 1. The van der Waals surface area contributed by atoms with Gasteiger partial charge >= 0.3 is 0 Å². The van der Waals surface area contributed by atoms with E-state index in [4.69, 9.17) is 0 Å². The fourth-order valence-electron chi connectivity index (χ4n) is 5.30. The number of nitrogens with zero attached hydrogens (tertiary/aromatic N) is 6. The summed E-state index contributed by atoms with van der Waals surface area (Å²) in [4.78, 5) is 26.1. The van der Waals surface area contributed by atoms with E-state index < -0.39 is 15.1 Å². The zero-order valence-corrected chi connectivity index (χ0v) is 26.2. The average Bonchev–Trinajstić information content (AvgIpc) is 3.46. The third-order valence-corrected chi connectivity index (χ3v) is 10.1. The summed E-state index contributed by atoms with van der Waals surface area (Å²) in [7, 11) is 0.443. The Morgan fingerprint density at radius 1 is 1.02 bits per heavy atom. The quantitative estimate of drug-likeness (QED) is 0.264. The predicted octanol–water partition coefficient (Wildman–Crippen LogP) is 4.76. The largest absolute Gasteiger partial charge is 0.343 e. The van der Waals surface area contributed by atoms with Gasteiger partial charge in [-0.3, -0.25) is 4.79 Å². The number of carbonyl (C=O) groups is 1. The average molecular weight is 605 g/mol. The first-order valence-corrected chi connectivity index (χ1v) is 16.2. The smallest absolute Gasteiger partial charge is 0.233 e. The van der Waals surface area contributed by atoms with E-state index in [2.05, 4.69) is 44.8 Å². The molecule has 0 bridgehead atoms. The van der Waals surface area contributed by atoms with Crippen LogP contribution in [0.15, 0.2) is 59.6 Å². The number of carbonyl (C=O) groups excluding carboxylic acids is 1. The van der Waals surface area contributed by atoms with Crippen LogP contribution in [0.3, 0.4) is 0 Å². The van der Waals surface area contributed by atoms with Gasteiger partial charge in [0.05, 0.1) is 22.0 Å². The highest BCUT2D eigenvalue weighted by Gasteiger charge is 2.25. The number of hydrogen-bond acceptors (Lipinski definition) is 9. The Morgan fingerprint density at radius 2 is 1.77 bits per heavy atom. The van der Waals surface area contributed by atoms with Crippen molar-refractivity contribution in [2.45, 2.75) is 56.1 Å².